The highest BCUT2D eigenvalue weighted by Crippen LogP contribution is 2.05. The average Bonchev–Trinajstić information content (AvgIpc) is 1.89. The van der Waals surface area contributed by atoms with Crippen LogP contribution in [0.15, 0.2) is 0 Å². The second kappa shape index (κ2) is 4.66. The Kier molecular flexibility index (Phi) is 4.60. The van der Waals surface area contributed by atoms with Crippen LogP contribution in [0.5, 0.6) is 0 Å². The van der Waals surface area contributed by atoms with Gasteiger partial charge < -0.3 is 15.6 Å². The molecule has 0 aromatic rings. The summed E-state index contributed by atoms with van der Waals surface area (Å²) in [6.07, 6.45) is 0.608. The molecule has 0 aliphatic rings. The van der Waals surface area contributed by atoms with Crippen LogP contribution in [0, 0.1) is 0 Å². The lowest BCUT2D eigenvalue weighted by Crippen LogP contribution is -2.35. The minimum absolute atomic E-state index is 0.292. The lowest BCUT2D eigenvalue weighted by molar-refractivity contribution is 0.0236. The smallest absolute Gasteiger partial charge is 0.0763 e. The molecule has 0 saturated heterocycles. The largest absolute Gasteiger partial charge is 0.389 e. The van der Waals surface area contributed by atoms with Gasteiger partial charge in [0.1, 0.15) is 0 Å². The zero-order valence-electron chi connectivity index (χ0n) is 6.76. The number of ether oxygens (including phenoxy) is 1. The highest BCUT2D eigenvalue weighted by molar-refractivity contribution is 4.72. The maximum absolute atomic E-state index is 9.34. The number of hydrogen-bond acceptors (Lipinski definition) is 3. The monoisotopic (exact) mass is 147 g/mol. The summed E-state index contributed by atoms with van der Waals surface area (Å²) in [5.41, 5.74) is 4.53. The number of rotatable bonds is 5. The number of aliphatic hydroxyl groups is 1. The topological polar surface area (TPSA) is 55.5 Å². The van der Waals surface area contributed by atoms with Crippen LogP contribution in [-0.4, -0.2) is 30.5 Å². The van der Waals surface area contributed by atoms with Crippen molar-refractivity contribution in [1.82, 2.24) is 0 Å². The lowest BCUT2D eigenvalue weighted by atomic mass is 10.0. The van der Waals surface area contributed by atoms with Crippen LogP contribution in [0.1, 0.15) is 20.3 Å². The van der Waals surface area contributed by atoms with Gasteiger partial charge >= 0.3 is 0 Å². The van der Waals surface area contributed by atoms with Crippen molar-refractivity contribution in [3.05, 3.63) is 0 Å². The standard InChI is InChI=1S/C7H17NO2/c1-3-10-5-4-7(2,9)6-8/h9H,3-6,8H2,1-2H3. The molecule has 0 heterocycles. The molecule has 0 aliphatic heterocycles. The van der Waals surface area contributed by atoms with E-state index in [0.717, 1.165) is 0 Å². The summed E-state index contributed by atoms with van der Waals surface area (Å²) in [6.45, 7) is 5.21. The molecule has 0 aliphatic carbocycles. The highest BCUT2D eigenvalue weighted by Gasteiger charge is 2.16. The van der Waals surface area contributed by atoms with Crippen molar-refractivity contribution in [2.75, 3.05) is 19.8 Å². The molecule has 62 valence electrons. The summed E-state index contributed by atoms with van der Waals surface area (Å²) in [5, 5.41) is 9.34. The maximum atomic E-state index is 9.34. The second-order valence-electron chi connectivity index (χ2n) is 2.65. The summed E-state index contributed by atoms with van der Waals surface area (Å²) >= 11 is 0. The van der Waals surface area contributed by atoms with E-state index in [1.165, 1.54) is 0 Å². The Bertz CT molecular complexity index is 83.7. The van der Waals surface area contributed by atoms with Crippen LogP contribution < -0.4 is 5.73 Å². The van der Waals surface area contributed by atoms with Gasteiger partial charge in [-0.15, -0.1) is 0 Å². The molecule has 3 heteroatoms. The Labute approximate surface area is 62.2 Å². The fourth-order valence-corrected chi connectivity index (χ4v) is 0.538. The summed E-state index contributed by atoms with van der Waals surface area (Å²) < 4.78 is 5.06. The van der Waals surface area contributed by atoms with Gasteiger partial charge in [-0.1, -0.05) is 0 Å². The molecule has 3 N–H and O–H groups in total. The number of nitrogens with two attached hydrogens (primary N) is 1. The van der Waals surface area contributed by atoms with Crippen LogP contribution in [0.2, 0.25) is 0 Å². The quantitative estimate of drug-likeness (QED) is 0.543. The van der Waals surface area contributed by atoms with Crippen molar-refractivity contribution in [3.8, 4) is 0 Å². The van der Waals surface area contributed by atoms with Gasteiger partial charge in [0, 0.05) is 26.2 Å². The van der Waals surface area contributed by atoms with E-state index >= 15 is 0 Å². The Morgan fingerprint density at radius 3 is 2.60 bits per heavy atom. The minimum atomic E-state index is -0.755. The normalized spacial score (nSPS) is 16.8. The summed E-state index contributed by atoms with van der Waals surface area (Å²) in [6, 6.07) is 0. The lowest BCUT2D eigenvalue weighted by Gasteiger charge is -2.20. The highest BCUT2D eigenvalue weighted by atomic mass is 16.5. The van der Waals surface area contributed by atoms with Gasteiger partial charge in [-0.3, -0.25) is 0 Å². The van der Waals surface area contributed by atoms with Crippen molar-refractivity contribution >= 4 is 0 Å². The van der Waals surface area contributed by atoms with Gasteiger partial charge in [0.05, 0.1) is 5.60 Å². The van der Waals surface area contributed by atoms with E-state index in [0.29, 0.717) is 26.2 Å². The van der Waals surface area contributed by atoms with Crippen molar-refractivity contribution < 1.29 is 9.84 Å². The molecule has 1 atom stereocenters. The van der Waals surface area contributed by atoms with Gasteiger partial charge in [-0.25, -0.2) is 0 Å². The summed E-state index contributed by atoms with van der Waals surface area (Å²) in [7, 11) is 0. The molecular formula is C7H17NO2. The first kappa shape index (κ1) is 9.88. The van der Waals surface area contributed by atoms with Crippen molar-refractivity contribution in [1.29, 1.82) is 0 Å². The Morgan fingerprint density at radius 2 is 2.20 bits per heavy atom. The van der Waals surface area contributed by atoms with Crippen LogP contribution in [0.25, 0.3) is 0 Å². The predicted octanol–water partition coefficient (Wildman–Crippen LogP) is 0.123. The van der Waals surface area contributed by atoms with Crippen LogP contribution in [-0.2, 0) is 4.74 Å². The van der Waals surface area contributed by atoms with E-state index in [-0.39, 0.29) is 0 Å². The molecule has 1 unspecified atom stereocenters. The van der Waals surface area contributed by atoms with E-state index in [9.17, 15) is 5.11 Å². The first-order chi connectivity index (χ1) is 4.62. The predicted molar refractivity (Wildman–Crippen MR) is 40.8 cm³/mol. The van der Waals surface area contributed by atoms with Gasteiger partial charge in [0.25, 0.3) is 0 Å². The van der Waals surface area contributed by atoms with E-state index < -0.39 is 5.60 Å². The Morgan fingerprint density at radius 1 is 1.60 bits per heavy atom. The van der Waals surface area contributed by atoms with E-state index in [2.05, 4.69) is 0 Å². The number of hydrogen-bond donors (Lipinski definition) is 2. The summed E-state index contributed by atoms with van der Waals surface area (Å²) in [5.74, 6) is 0. The van der Waals surface area contributed by atoms with Gasteiger partial charge in [-0.2, -0.15) is 0 Å². The molecule has 0 rings (SSSR count). The first-order valence-electron chi connectivity index (χ1n) is 3.62. The molecule has 0 saturated carbocycles. The van der Waals surface area contributed by atoms with Crippen LogP contribution >= 0.6 is 0 Å². The van der Waals surface area contributed by atoms with E-state index in [1.807, 2.05) is 6.92 Å². The van der Waals surface area contributed by atoms with E-state index in [4.69, 9.17) is 10.5 Å². The molecule has 0 bridgehead atoms. The zero-order valence-corrected chi connectivity index (χ0v) is 6.76. The molecule has 10 heavy (non-hydrogen) atoms. The molecule has 3 nitrogen and oxygen atoms in total. The fourth-order valence-electron chi connectivity index (χ4n) is 0.538. The van der Waals surface area contributed by atoms with E-state index in [1.54, 1.807) is 6.92 Å². The third kappa shape index (κ3) is 4.73. The zero-order chi connectivity index (χ0) is 8.04. The van der Waals surface area contributed by atoms with Crippen LogP contribution in [0.3, 0.4) is 0 Å². The fraction of sp³-hybridized carbons (Fsp3) is 1.00. The third-order valence-corrected chi connectivity index (χ3v) is 1.43. The average molecular weight is 147 g/mol. The van der Waals surface area contributed by atoms with Gasteiger partial charge in [-0.05, 0) is 13.8 Å². The molecule has 0 amide bonds. The molecule has 0 fully saturated rings. The second-order valence-corrected chi connectivity index (χ2v) is 2.65. The van der Waals surface area contributed by atoms with Crippen molar-refractivity contribution in [3.63, 3.8) is 0 Å². The molecule has 0 radical (unpaired) electrons. The first-order valence-corrected chi connectivity index (χ1v) is 3.62. The van der Waals surface area contributed by atoms with Crippen molar-refractivity contribution in [2.24, 2.45) is 5.73 Å². The van der Waals surface area contributed by atoms with Gasteiger partial charge in [0.15, 0.2) is 0 Å². The molecule has 0 aromatic carbocycles. The molecule has 0 aromatic heterocycles. The maximum Gasteiger partial charge on any atom is 0.0763 e. The van der Waals surface area contributed by atoms with Crippen molar-refractivity contribution in [2.45, 2.75) is 25.9 Å². The molecule has 0 spiro atoms. The van der Waals surface area contributed by atoms with Crippen LogP contribution in [0.4, 0.5) is 0 Å². The third-order valence-electron chi connectivity index (χ3n) is 1.43. The van der Waals surface area contributed by atoms with Gasteiger partial charge in [0.2, 0.25) is 0 Å². The molecular weight excluding hydrogens is 130 g/mol. The summed E-state index contributed by atoms with van der Waals surface area (Å²) in [4.78, 5) is 0. The SMILES string of the molecule is CCOCCC(C)(O)CN. The minimum Gasteiger partial charge on any atom is -0.389 e. The Hall–Kier alpha value is -0.120. The Balaban J connectivity index is 3.28.